The van der Waals surface area contributed by atoms with Gasteiger partial charge in [-0.25, -0.2) is 9.78 Å². The first-order valence-corrected chi connectivity index (χ1v) is 8.64. The molecule has 0 spiro atoms. The Labute approximate surface area is 157 Å². The van der Waals surface area contributed by atoms with Crippen molar-refractivity contribution in [2.24, 2.45) is 0 Å². The van der Waals surface area contributed by atoms with Crippen molar-refractivity contribution < 1.29 is 32.5 Å². The number of carboxylic acid groups (broad SMARTS) is 1. The van der Waals surface area contributed by atoms with Crippen molar-refractivity contribution in [1.29, 1.82) is 0 Å². The molecule has 0 aliphatic rings. The van der Waals surface area contributed by atoms with E-state index >= 15 is 0 Å². The molecular formula is C17H15F3N2O4S. The first-order chi connectivity index (χ1) is 12.7. The molecule has 0 saturated carbocycles. The maximum absolute atomic E-state index is 12.9. The lowest BCUT2D eigenvalue weighted by Crippen LogP contribution is -2.08. The molecule has 0 fully saturated rings. The number of benzene rings is 1. The first kappa shape index (κ1) is 20.6. The van der Waals surface area contributed by atoms with Crippen LogP contribution >= 0.6 is 11.8 Å². The normalized spacial score (nSPS) is 12.0. The van der Waals surface area contributed by atoms with Crippen molar-refractivity contribution in [3.8, 4) is 11.6 Å². The molecule has 0 unspecified atom stereocenters. The van der Waals surface area contributed by atoms with Crippen LogP contribution < -0.4 is 4.74 Å². The van der Waals surface area contributed by atoms with E-state index in [2.05, 4.69) is 9.97 Å². The van der Waals surface area contributed by atoms with Gasteiger partial charge < -0.3 is 14.6 Å². The summed E-state index contributed by atoms with van der Waals surface area (Å²) in [5.41, 5.74) is -1.17. The van der Waals surface area contributed by atoms with Gasteiger partial charge in [0.05, 0.1) is 24.5 Å². The minimum absolute atomic E-state index is 0.0138. The summed E-state index contributed by atoms with van der Waals surface area (Å²) in [6.07, 6.45) is -1.89. The number of thioether (sulfide) groups is 1. The van der Waals surface area contributed by atoms with Crippen molar-refractivity contribution in [1.82, 2.24) is 9.97 Å². The Balaban J connectivity index is 2.62. The highest BCUT2D eigenvalue weighted by atomic mass is 32.2. The molecule has 6 nitrogen and oxygen atoms in total. The summed E-state index contributed by atoms with van der Waals surface area (Å²) in [7, 11) is 1.27. The zero-order chi connectivity index (χ0) is 20.2. The van der Waals surface area contributed by atoms with Gasteiger partial charge in [0.25, 0.3) is 0 Å². The van der Waals surface area contributed by atoms with Crippen LogP contribution in [0.3, 0.4) is 0 Å². The molecule has 10 heteroatoms. The summed E-state index contributed by atoms with van der Waals surface area (Å²) < 4.78 is 49.1. The molecule has 1 aromatic carbocycles. The second-order valence-corrected chi connectivity index (χ2v) is 5.96. The van der Waals surface area contributed by atoms with E-state index in [1.165, 1.54) is 19.2 Å². The quantitative estimate of drug-likeness (QED) is 0.333. The molecule has 1 aromatic heterocycles. The largest absolute Gasteiger partial charge is 0.503 e. The molecule has 1 N–H and O–H groups in total. The summed E-state index contributed by atoms with van der Waals surface area (Å²) >= 11 is 1.14. The number of hydrogen-bond donors (Lipinski definition) is 1. The number of alkyl halides is 3. The maximum atomic E-state index is 12.9. The van der Waals surface area contributed by atoms with E-state index in [0.29, 0.717) is 0 Å². The molecule has 0 amide bonds. The molecule has 2 aromatic rings. The lowest BCUT2D eigenvalue weighted by atomic mass is 10.1. The fourth-order valence-corrected chi connectivity index (χ4v) is 2.78. The van der Waals surface area contributed by atoms with Crippen LogP contribution in [0.2, 0.25) is 0 Å². The molecular weight excluding hydrogens is 385 g/mol. The van der Waals surface area contributed by atoms with Crippen LogP contribution in [0.5, 0.6) is 11.6 Å². The number of carboxylic acids is 1. The van der Waals surface area contributed by atoms with E-state index in [4.69, 9.17) is 9.47 Å². The van der Waals surface area contributed by atoms with E-state index in [1.807, 2.05) is 0 Å². The summed E-state index contributed by atoms with van der Waals surface area (Å²) in [5, 5.41) is 9.76. The third-order valence-electron chi connectivity index (χ3n) is 3.26. The van der Waals surface area contributed by atoms with Crippen LogP contribution in [0, 0.1) is 6.92 Å². The molecule has 1 heterocycles. The van der Waals surface area contributed by atoms with Crippen LogP contribution in [-0.2, 0) is 15.7 Å². The lowest BCUT2D eigenvalue weighted by Gasteiger charge is -2.15. The van der Waals surface area contributed by atoms with Gasteiger partial charge in [0.15, 0.2) is 0 Å². The average Bonchev–Trinajstić information content (AvgIpc) is 2.59. The molecule has 0 aliphatic heterocycles. The summed E-state index contributed by atoms with van der Waals surface area (Å²) in [6.45, 7) is 1.56. The third-order valence-corrected chi connectivity index (χ3v) is 3.94. The Bertz CT molecular complexity index is 885. The molecule has 2 rings (SSSR count). The van der Waals surface area contributed by atoms with Gasteiger partial charge in [-0.15, -0.1) is 11.8 Å². The number of aromatic nitrogens is 2. The molecule has 0 bridgehead atoms. The van der Waals surface area contributed by atoms with E-state index in [9.17, 15) is 23.1 Å². The summed E-state index contributed by atoms with van der Waals surface area (Å²) in [5.74, 6) is -1.38. The smallest absolute Gasteiger partial charge is 0.416 e. The molecule has 0 atom stereocenters. The monoisotopic (exact) mass is 400 g/mol. The summed E-state index contributed by atoms with van der Waals surface area (Å²) in [6, 6.07) is 4.21. The van der Waals surface area contributed by atoms with Crippen molar-refractivity contribution in [3.05, 3.63) is 47.5 Å². The number of hydrogen-bond acceptors (Lipinski definition) is 6. The van der Waals surface area contributed by atoms with Crippen molar-refractivity contribution >= 4 is 23.3 Å². The van der Waals surface area contributed by atoms with Gasteiger partial charge in [0, 0.05) is 0 Å². The molecule has 144 valence electrons. The Kier molecular flexibility index (Phi) is 6.32. The van der Waals surface area contributed by atoms with Gasteiger partial charge in [-0.2, -0.15) is 18.2 Å². The van der Waals surface area contributed by atoms with Crippen molar-refractivity contribution in [3.63, 3.8) is 0 Å². The average molecular weight is 400 g/mol. The van der Waals surface area contributed by atoms with E-state index in [1.54, 1.807) is 13.2 Å². The van der Waals surface area contributed by atoms with Gasteiger partial charge in [0.1, 0.15) is 22.2 Å². The maximum Gasteiger partial charge on any atom is 0.416 e. The second kappa shape index (κ2) is 8.30. The number of aliphatic carboxylic acids is 1. The van der Waals surface area contributed by atoms with Gasteiger partial charge in [-0.1, -0.05) is 6.07 Å². The van der Waals surface area contributed by atoms with Crippen LogP contribution in [0.25, 0.3) is 5.57 Å². The summed E-state index contributed by atoms with van der Waals surface area (Å²) in [4.78, 5) is 19.9. The number of rotatable bonds is 6. The number of ether oxygens (including phenoxy) is 2. The number of carbonyl (C=O) groups is 1. The number of methoxy groups -OCH3 is 1. The third kappa shape index (κ3) is 4.91. The number of nitrogens with zero attached hydrogens (tertiary/aromatic N) is 2. The van der Waals surface area contributed by atoms with Crippen LogP contribution in [0.4, 0.5) is 13.2 Å². The Morgan fingerprint density at radius 3 is 2.56 bits per heavy atom. The minimum Gasteiger partial charge on any atom is -0.503 e. The van der Waals surface area contributed by atoms with Crippen LogP contribution in [0.1, 0.15) is 17.0 Å². The topological polar surface area (TPSA) is 81.5 Å². The van der Waals surface area contributed by atoms with E-state index in [0.717, 1.165) is 30.2 Å². The Hall–Kier alpha value is -2.75. The van der Waals surface area contributed by atoms with E-state index < -0.39 is 17.7 Å². The van der Waals surface area contributed by atoms with Crippen molar-refractivity contribution in [2.75, 3.05) is 13.4 Å². The predicted molar refractivity (Wildman–Crippen MR) is 92.7 cm³/mol. The number of halogens is 3. The Morgan fingerprint density at radius 1 is 1.30 bits per heavy atom. The SMILES string of the molecule is CO/C=C(/C(=O)O)c1c(Oc2cccc(C(F)(F)F)c2)nc(C)nc1SC. The highest BCUT2D eigenvalue weighted by molar-refractivity contribution is 7.98. The fraction of sp³-hybridized carbons (Fsp3) is 0.235. The van der Waals surface area contributed by atoms with Gasteiger partial charge >= 0.3 is 12.1 Å². The van der Waals surface area contributed by atoms with E-state index in [-0.39, 0.29) is 33.6 Å². The zero-order valence-electron chi connectivity index (χ0n) is 14.5. The van der Waals surface area contributed by atoms with Gasteiger partial charge in [-0.3, -0.25) is 0 Å². The van der Waals surface area contributed by atoms with Crippen LogP contribution in [0.15, 0.2) is 35.6 Å². The van der Waals surface area contributed by atoms with Crippen LogP contribution in [-0.4, -0.2) is 34.4 Å². The first-order valence-electron chi connectivity index (χ1n) is 7.41. The highest BCUT2D eigenvalue weighted by Crippen LogP contribution is 2.37. The van der Waals surface area contributed by atoms with Crippen molar-refractivity contribution in [2.45, 2.75) is 18.1 Å². The second-order valence-electron chi connectivity index (χ2n) is 5.16. The molecule has 0 aliphatic carbocycles. The highest BCUT2D eigenvalue weighted by Gasteiger charge is 2.31. The van der Waals surface area contributed by atoms with Gasteiger partial charge in [-0.05, 0) is 31.4 Å². The fourth-order valence-electron chi connectivity index (χ4n) is 2.16. The molecule has 0 radical (unpaired) electrons. The molecule has 0 saturated heterocycles. The predicted octanol–water partition coefficient (Wildman–Crippen LogP) is 4.39. The standard InChI is InChI=1S/C17H15F3N2O4S/c1-9-21-14(26-11-6-4-5-10(7-11)17(18,19)20)13(15(22-9)27-3)12(8-25-2)16(23)24/h4-8H,1-3H3,(H,23,24)/b12-8+. The zero-order valence-corrected chi connectivity index (χ0v) is 15.3. The Morgan fingerprint density at radius 2 is 2.00 bits per heavy atom. The number of aryl methyl sites for hydroxylation is 1. The molecule has 27 heavy (non-hydrogen) atoms. The minimum atomic E-state index is -4.55. The van der Waals surface area contributed by atoms with Gasteiger partial charge in [0.2, 0.25) is 5.88 Å². The lowest BCUT2D eigenvalue weighted by molar-refractivity contribution is -0.137.